The van der Waals surface area contributed by atoms with E-state index in [2.05, 4.69) is 4.99 Å². The van der Waals surface area contributed by atoms with Crippen LogP contribution in [0.2, 0.25) is 0 Å². The van der Waals surface area contributed by atoms with Gasteiger partial charge >= 0.3 is 0 Å². The van der Waals surface area contributed by atoms with Crippen LogP contribution in [0.5, 0.6) is 0 Å². The van der Waals surface area contributed by atoms with Crippen molar-refractivity contribution in [1.82, 2.24) is 0 Å². The van der Waals surface area contributed by atoms with Crippen molar-refractivity contribution in [3.63, 3.8) is 0 Å². The van der Waals surface area contributed by atoms with Crippen LogP contribution in [0.15, 0.2) is 29.3 Å². The van der Waals surface area contributed by atoms with Gasteiger partial charge in [0.2, 0.25) is 6.41 Å². The van der Waals surface area contributed by atoms with Crippen molar-refractivity contribution in [2.24, 2.45) is 10.7 Å². The van der Waals surface area contributed by atoms with Crippen LogP contribution < -0.4 is 5.73 Å². The van der Waals surface area contributed by atoms with Crippen LogP contribution in [-0.4, -0.2) is 18.5 Å². The predicted molar refractivity (Wildman–Crippen MR) is 48.6 cm³/mol. The smallest absolute Gasteiger partial charge is 0.234 e. The van der Waals surface area contributed by atoms with E-state index in [9.17, 15) is 9.59 Å². The Labute approximate surface area is 75.1 Å². The molecule has 0 radical (unpaired) electrons. The first kappa shape index (κ1) is 9.12. The molecule has 0 spiro atoms. The Kier molecular flexibility index (Phi) is 2.92. The minimum Gasteiger partial charge on any atom is -0.383 e. The molecule has 0 fully saturated rings. The molecule has 1 amide bonds. The van der Waals surface area contributed by atoms with Gasteiger partial charge in [0.15, 0.2) is 0 Å². The minimum atomic E-state index is 0.146. The van der Waals surface area contributed by atoms with Crippen molar-refractivity contribution in [2.45, 2.75) is 0 Å². The summed E-state index contributed by atoms with van der Waals surface area (Å²) < 4.78 is 0. The molecule has 0 aromatic heterocycles. The predicted octanol–water partition coefficient (Wildman–Crippen LogP) is 0.361. The van der Waals surface area contributed by atoms with Crippen molar-refractivity contribution in [1.29, 1.82) is 0 Å². The fraction of sp³-hybridized carbons (Fsp3) is 0. The SMILES string of the molecule is NC(=NC=O)c1ccc(C=O)cc1. The summed E-state index contributed by atoms with van der Waals surface area (Å²) >= 11 is 0. The van der Waals surface area contributed by atoms with Crippen LogP contribution in [0.3, 0.4) is 0 Å². The largest absolute Gasteiger partial charge is 0.383 e. The molecule has 13 heavy (non-hydrogen) atoms. The lowest BCUT2D eigenvalue weighted by molar-refractivity contribution is -0.106. The van der Waals surface area contributed by atoms with Gasteiger partial charge in [0.05, 0.1) is 0 Å². The molecule has 2 N–H and O–H groups in total. The third-order valence-electron chi connectivity index (χ3n) is 1.53. The standard InChI is InChI=1S/C9H8N2O2/c10-9(11-6-13)8-3-1-7(5-12)2-4-8/h1-6H,(H2,10,11,13). The lowest BCUT2D eigenvalue weighted by Crippen LogP contribution is -2.13. The average Bonchev–Trinajstić information content (AvgIpc) is 2.18. The zero-order chi connectivity index (χ0) is 9.68. The number of nitrogens with two attached hydrogens (primary N) is 1. The van der Waals surface area contributed by atoms with E-state index in [4.69, 9.17) is 5.73 Å². The van der Waals surface area contributed by atoms with Gasteiger partial charge in [-0.1, -0.05) is 24.3 Å². The Hall–Kier alpha value is -1.97. The van der Waals surface area contributed by atoms with Crippen molar-refractivity contribution >= 4 is 18.5 Å². The van der Waals surface area contributed by atoms with Gasteiger partial charge < -0.3 is 5.73 Å². The first-order valence-corrected chi connectivity index (χ1v) is 3.60. The highest BCUT2D eigenvalue weighted by atomic mass is 16.1. The van der Waals surface area contributed by atoms with E-state index < -0.39 is 0 Å². The number of aliphatic imine (C=N–C) groups is 1. The second kappa shape index (κ2) is 4.15. The first-order valence-electron chi connectivity index (χ1n) is 3.60. The Morgan fingerprint density at radius 3 is 2.31 bits per heavy atom. The second-order valence-corrected chi connectivity index (χ2v) is 2.36. The van der Waals surface area contributed by atoms with Crippen LogP contribution >= 0.6 is 0 Å². The molecule has 0 bridgehead atoms. The van der Waals surface area contributed by atoms with Gasteiger partial charge in [0.1, 0.15) is 12.1 Å². The number of carbonyl (C=O) groups excluding carboxylic acids is 2. The van der Waals surface area contributed by atoms with E-state index in [1.54, 1.807) is 24.3 Å². The third-order valence-corrected chi connectivity index (χ3v) is 1.53. The highest BCUT2D eigenvalue weighted by Gasteiger charge is 1.96. The van der Waals surface area contributed by atoms with E-state index in [1.165, 1.54) is 0 Å². The van der Waals surface area contributed by atoms with Crippen molar-refractivity contribution < 1.29 is 9.59 Å². The molecule has 0 saturated carbocycles. The second-order valence-electron chi connectivity index (χ2n) is 2.36. The molecular weight excluding hydrogens is 168 g/mol. The van der Waals surface area contributed by atoms with Crippen LogP contribution in [0.1, 0.15) is 15.9 Å². The number of nitrogens with zero attached hydrogens (tertiary/aromatic N) is 1. The van der Waals surface area contributed by atoms with Crippen molar-refractivity contribution in [2.75, 3.05) is 0 Å². The summed E-state index contributed by atoms with van der Waals surface area (Å²) in [5.74, 6) is 0.146. The molecule has 0 aliphatic rings. The molecule has 1 aromatic carbocycles. The number of hydrogen-bond acceptors (Lipinski definition) is 2. The third kappa shape index (κ3) is 2.23. The van der Waals surface area contributed by atoms with Crippen LogP contribution in [0.25, 0.3) is 0 Å². The molecule has 4 heteroatoms. The summed E-state index contributed by atoms with van der Waals surface area (Å²) in [5.41, 5.74) is 6.61. The van der Waals surface area contributed by atoms with Gasteiger partial charge in [-0.2, -0.15) is 4.99 Å². The molecule has 0 atom stereocenters. The molecule has 0 aliphatic carbocycles. The Morgan fingerprint density at radius 1 is 1.23 bits per heavy atom. The average molecular weight is 176 g/mol. The topological polar surface area (TPSA) is 72.5 Å². The molecule has 0 unspecified atom stereocenters. The molecule has 0 saturated heterocycles. The van der Waals surface area contributed by atoms with Gasteiger partial charge in [-0.3, -0.25) is 9.59 Å². The van der Waals surface area contributed by atoms with Crippen LogP contribution in [-0.2, 0) is 4.79 Å². The maximum Gasteiger partial charge on any atom is 0.234 e. The molecule has 4 nitrogen and oxygen atoms in total. The van der Waals surface area contributed by atoms with Crippen LogP contribution in [0.4, 0.5) is 0 Å². The number of amides is 1. The maximum absolute atomic E-state index is 10.3. The van der Waals surface area contributed by atoms with Crippen molar-refractivity contribution in [3.8, 4) is 0 Å². The zero-order valence-corrected chi connectivity index (χ0v) is 6.81. The summed E-state index contributed by atoms with van der Waals surface area (Å²) in [5, 5.41) is 0. The van der Waals surface area contributed by atoms with Gasteiger partial charge in [-0.25, -0.2) is 0 Å². The first-order chi connectivity index (χ1) is 6.27. The van der Waals surface area contributed by atoms with Gasteiger partial charge in [0, 0.05) is 11.1 Å². The summed E-state index contributed by atoms with van der Waals surface area (Å²) in [7, 11) is 0. The lowest BCUT2D eigenvalue weighted by Gasteiger charge is -1.97. The maximum atomic E-state index is 10.3. The van der Waals surface area contributed by atoms with Gasteiger partial charge in [0.25, 0.3) is 0 Å². The minimum absolute atomic E-state index is 0.146. The Bertz CT molecular complexity index is 341. The number of amidine groups is 1. The quantitative estimate of drug-likeness (QED) is 0.410. The highest BCUT2D eigenvalue weighted by molar-refractivity contribution is 6.01. The highest BCUT2D eigenvalue weighted by Crippen LogP contribution is 2.01. The Balaban J connectivity index is 2.98. The number of carbonyl (C=O) groups is 2. The fourth-order valence-electron chi connectivity index (χ4n) is 0.864. The normalized spacial score (nSPS) is 10.9. The van der Waals surface area contributed by atoms with Crippen molar-refractivity contribution in [3.05, 3.63) is 35.4 Å². The molecule has 0 aliphatic heterocycles. The fourth-order valence-corrected chi connectivity index (χ4v) is 0.864. The zero-order valence-electron chi connectivity index (χ0n) is 6.81. The lowest BCUT2D eigenvalue weighted by atomic mass is 10.1. The Morgan fingerprint density at radius 2 is 1.85 bits per heavy atom. The van der Waals surface area contributed by atoms with Gasteiger partial charge in [-0.15, -0.1) is 0 Å². The van der Waals surface area contributed by atoms with E-state index in [1.807, 2.05) is 0 Å². The van der Waals surface area contributed by atoms with E-state index in [-0.39, 0.29) is 5.84 Å². The molecule has 1 rings (SSSR count). The van der Waals surface area contributed by atoms with E-state index >= 15 is 0 Å². The summed E-state index contributed by atoms with van der Waals surface area (Å²) in [6, 6.07) is 6.48. The van der Waals surface area contributed by atoms with E-state index in [0.717, 1.165) is 6.29 Å². The number of hydrogen-bond donors (Lipinski definition) is 1. The van der Waals surface area contributed by atoms with Gasteiger partial charge in [-0.05, 0) is 0 Å². The molecule has 66 valence electrons. The number of aldehydes is 1. The summed E-state index contributed by atoms with van der Waals surface area (Å²) in [6.45, 7) is 0. The summed E-state index contributed by atoms with van der Waals surface area (Å²) in [4.78, 5) is 23.7. The number of rotatable bonds is 3. The molecule has 0 heterocycles. The summed E-state index contributed by atoms with van der Waals surface area (Å²) in [6.07, 6.45) is 1.11. The van der Waals surface area contributed by atoms with E-state index in [0.29, 0.717) is 17.5 Å². The van der Waals surface area contributed by atoms with Crippen LogP contribution in [0, 0.1) is 0 Å². The molecule has 1 aromatic rings. The monoisotopic (exact) mass is 176 g/mol. The number of benzene rings is 1. The molecular formula is C9H8N2O2.